The van der Waals surface area contributed by atoms with Crippen molar-refractivity contribution >= 4 is 5.91 Å². The monoisotopic (exact) mass is 353 g/mol. The van der Waals surface area contributed by atoms with Crippen molar-refractivity contribution in [3.63, 3.8) is 0 Å². The molecule has 2 N–H and O–H groups in total. The Kier molecular flexibility index (Phi) is 5.63. The normalized spacial score (nSPS) is 12.6. The molecule has 2 rings (SSSR count). The van der Waals surface area contributed by atoms with E-state index in [0.717, 1.165) is 12.1 Å². The quantitative estimate of drug-likeness (QED) is 0.895. The Balaban J connectivity index is 2.06. The predicted molar refractivity (Wildman–Crippen MR) is 86.4 cm³/mol. The van der Waals surface area contributed by atoms with Crippen LogP contribution in [0.1, 0.15) is 22.8 Å². The van der Waals surface area contributed by atoms with Crippen LogP contribution >= 0.6 is 0 Å². The first-order valence-corrected chi connectivity index (χ1v) is 7.50. The van der Waals surface area contributed by atoms with Crippen molar-refractivity contribution in [3.8, 4) is 11.6 Å². The standard InChI is InChI=1S/C17H18F3N3O2/c1-11(9-21)23(2)16(24)12-3-6-14(7-4-12)25-15-8-5-13(10-22-15)17(18,19)20/h3-8,10-11H,9,21H2,1-2H3. The maximum absolute atomic E-state index is 12.5. The van der Waals surface area contributed by atoms with Crippen LogP contribution in [0.15, 0.2) is 42.6 Å². The van der Waals surface area contributed by atoms with Crippen LogP contribution in [-0.4, -0.2) is 35.4 Å². The maximum Gasteiger partial charge on any atom is 0.417 e. The minimum Gasteiger partial charge on any atom is -0.439 e. The molecule has 1 atom stereocenters. The Hall–Kier alpha value is -2.61. The van der Waals surface area contributed by atoms with Gasteiger partial charge in [0.25, 0.3) is 5.91 Å². The number of benzene rings is 1. The number of likely N-dealkylation sites (N-methyl/N-ethyl adjacent to an activating group) is 1. The number of nitrogens with two attached hydrogens (primary N) is 1. The fraction of sp³-hybridized carbons (Fsp3) is 0.294. The number of pyridine rings is 1. The number of ether oxygens (including phenoxy) is 1. The molecule has 134 valence electrons. The first-order chi connectivity index (χ1) is 11.7. The van der Waals surface area contributed by atoms with Gasteiger partial charge >= 0.3 is 6.18 Å². The lowest BCUT2D eigenvalue weighted by Gasteiger charge is -2.23. The van der Waals surface area contributed by atoms with Gasteiger partial charge in [0.1, 0.15) is 5.75 Å². The lowest BCUT2D eigenvalue weighted by atomic mass is 10.1. The maximum atomic E-state index is 12.5. The van der Waals surface area contributed by atoms with E-state index in [9.17, 15) is 18.0 Å². The molecule has 1 unspecified atom stereocenters. The zero-order valence-electron chi connectivity index (χ0n) is 13.7. The van der Waals surface area contributed by atoms with Gasteiger partial charge in [0, 0.05) is 37.5 Å². The van der Waals surface area contributed by atoms with E-state index in [2.05, 4.69) is 4.98 Å². The number of carbonyl (C=O) groups excluding carboxylic acids is 1. The number of rotatable bonds is 5. The van der Waals surface area contributed by atoms with E-state index in [1.165, 1.54) is 4.90 Å². The molecule has 0 saturated carbocycles. The van der Waals surface area contributed by atoms with Crippen LogP contribution in [0.5, 0.6) is 11.6 Å². The van der Waals surface area contributed by atoms with E-state index >= 15 is 0 Å². The average Bonchev–Trinajstić information content (AvgIpc) is 2.60. The molecule has 1 aromatic carbocycles. The Bertz CT molecular complexity index is 715. The average molecular weight is 353 g/mol. The van der Waals surface area contributed by atoms with Crippen molar-refractivity contribution < 1.29 is 22.7 Å². The van der Waals surface area contributed by atoms with E-state index in [-0.39, 0.29) is 17.8 Å². The number of nitrogens with zero attached hydrogens (tertiary/aromatic N) is 2. The minimum atomic E-state index is -4.44. The lowest BCUT2D eigenvalue weighted by Crippen LogP contribution is -2.39. The number of hydrogen-bond donors (Lipinski definition) is 1. The molecule has 0 aliphatic carbocycles. The Morgan fingerprint density at radius 1 is 1.24 bits per heavy atom. The number of aromatic nitrogens is 1. The summed E-state index contributed by atoms with van der Waals surface area (Å²) >= 11 is 0. The van der Waals surface area contributed by atoms with Crippen molar-refractivity contribution in [2.75, 3.05) is 13.6 Å². The molecule has 1 aromatic heterocycles. The van der Waals surface area contributed by atoms with Crippen LogP contribution in [0, 0.1) is 0 Å². The molecule has 0 radical (unpaired) electrons. The molecule has 5 nitrogen and oxygen atoms in total. The molecule has 0 aliphatic rings. The van der Waals surface area contributed by atoms with Gasteiger partial charge in [-0.25, -0.2) is 4.98 Å². The molecule has 25 heavy (non-hydrogen) atoms. The van der Waals surface area contributed by atoms with Gasteiger partial charge < -0.3 is 15.4 Å². The number of carbonyl (C=O) groups is 1. The molecule has 0 fully saturated rings. The van der Waals surface area contributed by atoms with Crippen LogP contribution in [0.3, 0.4) is 0 Å². The molecule has 0 bridgehead atoms. The summed E-state index contributed by atoms with van der Waals surface area (Å²) in [5.41, 5.74) is 5.15. The van der Waals surface area contributed by atoms with E-state index in [1.807, 2.05) is 6.92 Å². The Morgan fingerprint density at radius 3 is 2.36 bits per heavy atom. The van der Waals surface area contributed by atoms with Gasteiger partial charge in [0.15, 0.2) is 0 Å². The number of alkyl halides is 3. The highest BCUT2D eigenvalue weighted by Gasteiger charge is 2.30. The van der Waals surface area contributed by atoms with E-state index in [0.29, 0.717) is 24.1 Å². The first kappa shape index (κ1) is 18.7. The first-order valence-electron chi connectivity index (χ1n) is 7.50. The topological polar surface area (TPSA) is 68.5 Å². The van der Waals surface area contributed by atoms with E-state index in [4.69, 9.17) is 10.5 Å². The Morgan fingerprint density at radius 2 is 1.88 bits per heavy atom. The highest BCUT2D eigenvalue weighted by Crippen LogP contribution is 2.30. The van der Waals surface area contributed by atoms with Crippen LogP contribution < -0.4 is 10.5 Å². The molecule has 2 aromatic rings. The summed E-state index contributed by atoms with van der Waals surface area (Å²) in [6, 6.07) is 8.17. The van der Waals surface area contributed by atoms with Gasteiger partial charge in [-0.1, -0.05) is 0 Å². The highest BCUT2D eigenvalue weighted by atomic mass is 19.4. The highest BCUT2D eigenvalue weighted by molar-refractivity contribution is 5.94. The molecule has 0 aliphatic heterocycles. The third kappa shape index (κ3) is 4.69. The van der Waals surface area contributed by atoms with Crippen LogP contribution in [-0.2, 0) is 6.18 Å². The molecular formula is C17H18F3N3O2. The molecular weight excluding hydrogens is 335 g/mol. The van der Waals surface area contributed by atoms with Crippen molar-refractivity contribution in [2.24, 2.45) is 5.73 Å². The number of halogens is 3. The van der Waals surface area contributed by atoms with E-state index in [1.54, 1.807) is 31.3 Å². The second-order valence-corrected chi connectivity index (χ2v) is 5.51. The summed E-state index contributed by atoms with van der Waals surface area (Å²) in [5, 5.41) is 0. The van der Waals surface area contributed by atoms with Crippen molar-refractivity contribution in [2.45, 2.75) is 19.1 Å². The van der Waals surface area contributed by atoms with Gasteiger partial charge in [0.2, 0.25) is 5.88 Å². The predicted octanol–water partition coefficient (Wildman–Crippen LogP) is 3.31. The summed E-state index contributed by atoms with van der Waals surface area (Å²) in [7, 11) is 1.66. The second kappa shape index (κ2) is 7.52. The van der Waals surface area contributed by atoms with Crippen LogP contribution in [0.4, 0.5) is 13.2 Å². The smallest absolute Gasteiger partial charge is 0.417 e. The van der Waals surface area contributed by atoms with Crippen molar-refractivity contribution in [3.05, 3.63) is 53.7 Å². The summed E-state index contributed by atoms with van der Waals surface area (Å²) in [6.45, 7) is 2.19. The van der Waals surface area contributed by atoms with Gasteiger partial charge in [-0.2, -0.15) is 13.2 Å². The third-order valence-electron chi connectivity index (χ3n) is 3.71. The molecule has 1 heterocycles. The summed E-state index contributed by atoms with van der Waals surface area (Å²) in [6.07, 6.45) is -3.74. The summed E-state index contributed by atoms with van der Waals surface area (Å²) < 4.78 is 42.9. The van der Waals surface area contributed by atoms with Crippen LogP contribution in [0.2, 0.25) is 0 Å². The van der Waals surface area contributed by atoms with Crippen molar-refractivity contribution in [1.82, 2.24) is 9.88 Å². The molecule has 1 amide bonds. The molecule has 8 heteroatoms. The fourth-order valence-corrected chi connectivity index (χ4v) is 1.96. The van der Waals surface area contributed by atoms with Gasteiger partial charge in [-0.05, 0) is 37.3 Å². The SMILES string of the molecule is CC(CN)N(C)C(=O)c1ccc(Oc2ccc(C(F)(F)F)cn2)cc1. The minimum absolute atomic E-state index is 0.0287. The summed E-state index contributed by atoms with van der Waals surface area (Å²) in [5.74, 6) is 0.205. The van der Waals surface area contributed by atoms with Crippen LogP contribution in [0.25, 0.3) is 0 Å². The zero-order chi connectivity index (χ0) is 18.6. The number of hydrogen-bond acceptors (Lipinski definition) is 4. The van der Waals surface area contributed by atoms with Gasteiger partial charge in [0.05, 0.1) is 5.56 Å². The van der Waals surface area contributed by atoms with E-state index < -0.39 is 11.7 Å². The zero-order valence-corrected chi connectivity index (χ0v) is 13.7. The van der Waals surface area contributed by atoms with Gasteiger partial charge in [-0.3, -0.25) is 4.79 Å². The molecule has 0 spiro atoms. The second-order valence-electron chi connectivity index (χ2n) is 5.51. The Labute approximate surface area is 143 Å². The fourth-order valence-electron chi connectivity index (χ4n) is 1.96. The lowest BCUT2D eigenvalue weighted by molar-refractivity contribution is -0.137. The van der Waals surface area contributed by atoms with Crippen molar-refractivity contribution in [1.29, 1.82) is 0 Å². The van der Waals surface area contributed by atoms with Gasteiger partial charge in [-0.15, -0.1) is 0 Å². The number of amides is 1. The third-order valence-corrected chi connectivity index (χ3v) is 3.71. The largest absolute Gasteiger partial charge is 0.439 e. The molecule has 0 saturated heterocycles. The summed E-state index contributed by atoms with van der Waals surface area (Å²) in [4.78, 5) is 17.4.